The first-order valence-electron chi connectivity index (χ1n) is 16.9. The first-order chi connectivity index (χ1) is 23.0. The number of anilines is 2. The summed E-state index contributed by atoms with van der Waals surface area (Å²) in [5.74, 6) is 1.74. The Balaban J connectivity index is 1.29. The molecule has 0 aliphatic carbocycles. The van der Waals surface area contributed by atoms with Gasteiger partial charge in [-0.1, -0.05) is 54.6 Å². The minimum atomic E-state index is -0.528. The van der Waals surface area contributed by atoms with Crippen molar-refractivity contribution in [2.75, 3.05) is 63.2 Å². The number of amides is 1. The van der Waals surface area contributed by atoms with E-state index in [0.29, 0.717) is 51.9 Å². The molecule has 2 aliphatic rings. The van der Waals surface area contributed by atoms with Crippen LogP contribution in [0.4, 0.5) is 16.3 Å². The van der Waals surface area contributed by atoms with Gasteiger partial charge < -0.3 is 33.8 Å². The summed E-state index contributed by atoms with van der Waals surface area (Å²) >= 11 is 0. The third-order valence-corrected chi connectivity index (χ3v) is 8.77. The van der Waals surface area contributed by atoms with Crippen molar-refractivity contribution in [3.05, 3.63) is 83.6 Å². The lowest BCUT2D eigenvalue weighted by Crippen LogP contribution is -2.51. The number of hydrogen-bond acceptors (Lipinski definition) is 9. The number of carbonyl (C=O) groups excluding carboxylic acids is 1. The highest BCUT2D eigenvalue weighted by atomic mass is 16.6. The van der Waals surface area contributed by atoms with Crippen molar-refractivity contribution in [2.24, 2.45) is 0 Å². The monoisotopic (exact) mass is 652 g/mol. The fraction of sp³-hybridized carbons (Fsp3) is 0.447. The maximum absolute atomic E-state index is 12.8. The lowest BCUT2D eigenvalue weighted by Gasteiger charge is -2.40. The van der Waals surface area contributed by atoms with Gasteiger partial charge in [0.2, 0.25) is 0 Å². The minimum Gasteiger partial charge on any atom is -0.489 e. The standard InChI is InChI=1S/C38H48N6O4/c1-27-22-32-33(25-44(27)34-24-30(23-29-14-10-11-15-31(29)34)47-26-28-12-8-7-9-13-28)39-36(46-21-20-41(5)6)40-35(32)42-16-18-43(19-17-42)37(45)48-38(2,3)4/h7-15,23-24,27H,16-22,25-26H2,1-6H3/t27-/m0/s1. The molecular weight excluding hydrogens is 604 g/mol. The van der Waals surface area contributed by atoms with Crippen molar-refractivity contribution in [3.8, 4) is 11.8 Å². The zero-order valence-electron chi connectivity index (χ0n) is 29.1. The Labute approximate surface area is 284 Å². The SMILES string of the molecule is C[C@H]1Cc2c(nc(OCCN(C)C)nc2N2CCN(C(=O)OC(C)(C)C)CC2)CN1c1cc(OCc2ccccc2)cc2ccccc12. The summed E-state index contributed by atoms with van der Waals surface area (Å²) in [5.41, 5.74) is 3.83. The van der Waals surface area contributed by atoms with Crippen molar-refractivity contribution in [3.63, 3.8) is 0 Å². The molecule has 0 saturated carbocycles. The molecule has 48 heavy (non-hydrogen) atoms. The number of fused-ring (bicyclic) bond motifs is 2. The first-order valence-corrected chi connectivity index (χ1v) is 16.9. The number of rotatable bonds is 9. The Bertz CT molecular complexity index is 1720. The molecule has 4 aromatic rings. The van der Waals surface area contributed by atoms with Gasteiger partial charge in [-0.2, -0.15) is 9.97 Å². The molecule has 3 aromatic carbocycles. The van der Waals surface area contributed by atoms with Gasteiger partial charge in [0.15, 0.2) is 0 Å². The average Bonchev–Trinajstić information content (AvgIpc) is 3.06. The van der Waals surface area contributed by atoms with Crippen LogP contribution in [0.25, 0.3) is 10.8 Å². The average molecular weight is 653 g/mol. The predicted octanol–water partition coefficient (Wildman–Crippen LogP) is 6.16. The van der Waals surface area contributed by atoms with Crippen molar-refractivity contribution in [1.29, 1.82) is 0 Å². The van der Waals surface area contributed by atoms with E-state index in [2.05, 4.69) is 70.2 Å². The molecule has 1 fully saturated rings. The second-order valence-corrected chi connectivity index (χ2v) is 14.0. The van der Waals surface area contributed by atoms with Crippen molar-refractivity contribution >= 4 is 28.4 Å². The van der Waals surface area contributed by atoms with E-state index in [1.165, 1.54) is 5.39 Å². The Morgan fingerprint density at radius 3 is 2.40 bits per heavy atom. The Kier molecular flexibility index (Phi) is 9.91. The van der Waals surface area contributed by atoms with E-state index in [9.17, 15) is 4.79 Å². The summed E-state index contributed by atoms with van der Waals surface area (Å²) in [6, 6.07) is 23.6. The molecular formula is C38H48N6O4. The van der Waals surface area contributed by atoms with E-state index < -0.39 is 5.60 Å². The first kappa shape index (κ1) is 33.3. The van der Waals surface area contributed by atoms with Gasteiger partial charge in [-0.15, -0.1) is 0 Å². The van der Waals surface area contributed by atoms with E-state index in [0.717, 1.165) is 52.4 Å². The smallest absolute Gasteiger partial charge is 0.410 e. The number of benzene rings is 3. The summed E-state index contributed by atoms with van der Waals surface area (Å²) in [6.07, 6.45) is 0.504. The molecule has 0 bridgehead atoms. The van der Waals surface area contributed by atoms with Gasteiger partial charge in [0, 0.05) is 61.5 Å². The maximum atomic E-state index is 12.8. The highest BCUT2D eigenvalue weighted by molar-refractivity contribution is 5.96. The molecule has 1 saturated heterocycles. The third kappa shape index (κ3) is 7.93. The van der Waals surface area contributed by atoms with Crippen LogP contribution in [0.1, 0.15) is 44.5 Å². The number of piperazine rings is 1. The van der Waals surface area contributed by atoms with E-state index in [-0.39, 0.29) is 12.1 Å². The molecule has 254 valence electrons. The molecule has 0 unspecified atom stereocenters. The highest BCUT2D eigenvalue weighted by Crippen LogP contribution is 2.39. The van der Waals surface area contributed by atoms with Crippen LogP contribution in [-0.4, -0.2) is 90.9 Å². The molecule has 10 heteroatoms. The topological polar surface area (TPSA) is 83.5 Å². The van der Waals surface area contributed by atoms with Crippen LogP contribution < -0.4 is 19.3 Å². The summed E-state index contributed by atoms with van der Waals surface area (Å²) in [4.78, 5) is 31.3. The van der Waals surface area contributed by atoms with Crippen molar-refractivity contribution < 1.29 is 19.0 Å². The van der Waals surface area contributed by atoms with E-state index in [1.54, 1.807) is 4.90 Å². The zero-order chi connectivity index (χ0) is 33.8. The number of hydrogen-bond donors (Lipinski definition) is 0. The summed E-state index contributed by atoms with van der Waals surface area (Å²) < 4.78 is 18.1. The Morgan fingerprint density at radius 1 is 0.938 bits per heavy atom. The summed E-state index contributed by atoms with van der Waals surface area (Å²) in [7, 11) is 4.04. The summed E-state index contributed by atoms with van der Waals surface area (Å²) in [5, 5.41) is 2.31. The second kappa shape index (κ2) is 14.3. The van der Waals surface area contributed by atoms with Crippen LogP contribution in [0.15, 0.2) is 66.7 Å². The molecule has 1 atom stereocenters. The van der Waals surface area contributed by atoms with Crippen LogP contribution in [0.2, 0.25) is 0 Å². The Morgan fingerprint density at radius 2 is 1.67 bits per heavy atom. The molecule has 6 rings (SSSR count). The normalized spacial score (nSPS) is 16.6. The van der Waals surface area contributed by atoms with Crippen molar-refractivity contribution in [2.45, 2.75) is 58.9 Å². The summed E-state index contributed by atoms with van der Waals surface area (Å²) in [6.45, 7) is 12.8. The minimum absolute atomic E-state index is 0.177. The van der Waals surface area contributed by atoms with Gasteiger partial charge in [-0.05, 0) is 65.2 Å². The second-order valence-electron chi connectivity index (χ2n) is 14.0. The van der Waals surface area contributed by atoms with Crippen LogP contribution in [0.3, 0.4) is 0 Å². The fourth-order valence-electron chi connectivity index (χ4n) is 6.28. The number of aromatic nitrogens is 2. The van der Waals surface area contributed by atoms with Gasteiger partial charge in [0.25, 0.3) is 0 Å². The lowest BCUT2D eigenvalue weighted by atomic mass is 9.96. The van der Waals surface area contributed by atoms with Gasteiger partial charge in [0.1, 0.15) is 30.4 Å². The van der Waals surface area contributed by atoms with Gasteiger partial charge in [0.05, 0.1) is 12.2 Å². The van der Waals surface area contributed by atoms with Gasteiger partial charge in [-0.25, -0.2) is 4.79 Å². The number of ether oxygens (including phenoxy) is 3. The molecule has 1 aromatic heterocycles. The molecule has 10 nitrogen and oxygen atoms in total. The van der Waals surface area contributed by atoms with Crippen LogP contribution in [0, 0.1) is 0 Å². The molecule has 0 N–H and O–H groups in total. The molecule has 0 radical (unpaired) electrons. The van der Waals surface area contributed by atoms with E-state index in [4.69, 9.17) is 24.2 Å². The van der Waals surface area contributed by atoms with E-state index in [1.807, 2.05) is 53.1 Å². The highest BCUT2D eigenvalue weighted by Gasteiger charge is 2.33. The van der Waals surface area contributed by atoms with Crippen LogP contribution in [-0.2, 0) is 24.3 Å². The van der Waals surface area contributed by atoms with Crippen molar-refractivity contribution in [1.82, 2.24) is 19.8 Å². The molecule has 0 spiro atoms. The fourth-order valence-corrected chi connectivity index (χ4v) is 6.28. The zero-order valence-corrected chi connectivity index (χ0v) is 29.1. The van der Waals surface area contributed by atoms with E-state index >= 15 is 0 Å². The quantitative estimate of drug-likeness (QED) is 0.211. The molecule has 1 amide bonds. The largest absolute Gasteiger partial charge is 0.489 e. The predicted molar refractivity (Wildman–Crippen MR) is 190 cm³/mol. The van der Waals surface area contributed by atoms with Gasteiger partial charge >= 0.3 is 12.1 Å². The lowest BCUT2D eigenvalue weighted by molar-refractivity contribution is 0.0240. The third-order valence-electron chi connectivity index (χ3n) is 8.77. The Hall–Kier alpha value is -4.57. The van der Waals surface area contributed by atoms with Gasteiger partial charge in [-0.3, -0.25) is 0 Å². The van der Waals surface area contributed by atoms with Crippen LogP contribution >= 0.6 is 0 Å². The molecule has 3 heterocycles. The number of likely N-dealkylation sites (N-methyl/N-ethyl adjacent to an activating group) is 1. The molecule has 2 aliphatic heterocycles. The number of nitrogens with zero attached hydrogens (tertiary/aromatic N) is 6. The number of carbonyl (C=O) groups is 1. The van der Waals surface area contributed by atoms with Crippen LogP contribution in [0.5, 0.6) is 11.8 Å². The maximum Gasteiger partial charge on any atom is 0.410 e.